The van der Waals surface area contributed by atoms with Crippen LogP contribution in [0.4, 0.5) is 36.8 Å². The first-order chi connectivity index (χ1) is 16.7. The number of carbonyl (C=O) groups is 1. The van der Waals surface area contributed by atoms with Crippen LogP contribution in [0.25, 0.3) is 0 Å². The smallest absolute Gasteiger partial charge is 0.416 e. The van der Waals surface area contributed by atoms with Gasteiger partial charge in [0, 0.05) is 18.0 Å². The molecule has 1 N–H and O–H groups in total. The Morgan fingerprint density at radius 3 is 2.00 bits per heavy atom. The van der Waals surface area contributed by atoms with E-state index >= 15 is 0 Å². The number of benzene rings is 2. The Morgan fingerprint density at radius 1 is 1.00 bits per heavy atom. The minimum Gasteiger partial charge on any atom is -0.493 e. The Hall–Kier alpha value is -3.15. The lowest BCUT2D eigenvalue weighted by atomic mass is 9.79. The third-order valence-electron chi connectivity index (χ3n) is 6.02. The molecule has 0 aliphatic carbocycles. The molecular weight excluding hydrogens is 496 g/mol. The summed E-state index contributed by atoms with van der Waals surface area (Å²) in [5, 5.41) is 11.2. The fraction of sp³-hybridized carbons (Fsp3) is 0.458. The van der Waals surface area contributed by atoms with Gasteiger partial charge in [-0.25, -0.2) is 4.79 Å². The molecule has 198 valence electrons. The molecule has 36 heavy (non-hydrogen) atoms. The molecule has 0 unspecified atom stereocenters. The van der Waals surface area contributed by atoms with Gasteiger partial charge in [-0.1, -0.05) is 0 Å². The highest BCUT2D eigenvalue weighted by molar-refractivity contribution is 5.91. The first kappa shape index (κ1) is 27.4. The van der Waals surface area contributed by atoms with Crippen LogP contribution in [0.2, 0.25) is 0 Å². The molecule has 12 heteroatoms. The van der Waals surface area contributed by atoms with E-state index in [1.807, 2.05) is 0 Å². The van der Waals surface area contributed by atoms with E-state index in [9.17, 15) is 36.2 Å². The van der Waals surface area contributed by atoms with Crippen molar-refractivity contribution in [1.82, 2.24) is 0 Å². The maximum atomic E-state index is 13.4. The lowest BCUT2D eigenvalue weighted by molar-refractivity contribution is -0.143. The largest absolute Gasteiger partial charge is 0.493 e. The van der Waals surface area contributed by atoms with Crippen LogP contribution in [-0.4, -0.2) is 38.1 Å². The van der Waals surface area contributed by atoms with Gasteiger partial charge in [0.2, 0.25) is 0 Å². The van der Waals surface area contributed by atoms with E-state index in [2.05, 4.69) is 0 Å². The predicted octanol–water partition coefficient (Wildman–Crippen LogP) is 6.31. The van der Waals surface area contributed by atoms with Crippen LogP contribution in [0.3, 0.4) is 0 Å². The monoisotopic (exact) mass is 521 g/mol. The van der Waals surface area contributed by atoms with Crippen LogP contribution >= 0.6 is 0 Å². The summed E-state index contributed by atoms with van der Waals surface area (Å²) in [4.78, 5) is 14.0. The van der Waals surface area contributed by atoms with Crippen molar-refractivity contribution in [3.05, 3.63) is 52.6 Å². The minimum absolute atomic E-state index is 0.00401. The van der Waals surface area contributed by atoms with Crippen molar-refractivity contribution in [1.29, 1.82) is 0 Å². The number of carbonyl (C=O) groups excluding carboxylic acids is 1. The van der Waals surface area contributed by atoms with E-state index in [1.54, 1.807) is 13.8 Å². The van der Waals surface area contributed by atoms with Crippen LogP contribution in [0, 0.1) is 0 Å². The third kappa shape index (κ3) is 5.32. The number of hydrogen-bond donors (Lipinski definition) is 1. The van der Waals surface area contributed by atoms with E-state index in [0.29, 0.717) is 12.1 Å². The Morgan fingerprint density at radius 2 is 1.53 bits per heavy atom. The van der Waals surface area contributed by atoms with E-state index in [-0.39, 0.29) is 41.8 Å². The van der Waals surface area contributed by atoms with E-state index < -0.39 is 53.2 Å². The molecule has 3 atom stereocenters. The number of rotatable bonds is 5. The zero-order valence-corrected chi connectivity index (χ0v) is 19.8. The summed E-state index contributed by atoms with van der Waals surface area (Å²) in [5.41, 5.74) is -3.11. The summed E-state index contributed by atoms with van der Waals surface area (Å²) < 4.78 is 96.1. The number of ether oxygens (including phenoxy) is 3. The van der Waals surface area contributed by atoms with Gasteiger partial charge >= 0.3 is 18.4 Å². The Labute approximate surface area is 203 Å². The maximum Gasteiger partial charge on any atom is 0.416 e. The molecule has 6 nitrogen and oxygen atoms in total. The van der Waals surface area contributed by atoms with Crippen LogP contribution in [0.5, 0.6) is 11.5 Å². The number of aliphatic hydroxyl groups is 1. The summed E-state index contributed by atoms with van der Waals surface area (Å²) in [7, 11) is 2.70. The summed E-state index contributed by atoms with van der Waals surface area (Å²) in [6.07, 6.45) is -12.6. The maximum absolute atomic E-state index is 13.4. The fourth-order valence-corrected chi connectivity index (χ4v) is 4.38. The molecule has 2 aromatic carbocycles. The number of alkyl halides is 6. The highest BCUT2D eigenvalue weighted by Gasteiger charge is 2.42. The predicted molar refractivity (Wildman–Crippen MR) is 117 cm³/mol. The van der Waals surface area contributed by atoms with Gasteiger partial charge in [0.25, 0.3) is 0 Å². The van der Waals surface area contributed by atoms with Crippen molar-refractivity contribution in [3.63, 3.8) is 0 Å². The van der Waals surface area contributed by atoms with Crippen LogP contribution in [0.15, 0.2) is 30.3 Å². The van der Waals surface area contributed by atoms with E-state index in [1.165, 1.54) is 31.3 Å². The number of anilines is 1. The van der Waals surface area contributed by atoms with Crippen molar-refractivity contribution < 1.29 is 50.5 Å². The molecule has 0 bridgehead atoms. The van der Waals surface area contributed by atoms with Crippen molar-refractivity contribution in [2.75, 3.05) is 25.7 Å². The average Bonchev–Trinajstić information content (AvgIpc) is 2.80. The Balaban J connectivity index is 2.20. The highest BCUT2D eigenvalue weighted by atomic mass is 19.4. The van der Waals surface area contributed by atoms with Gasteiger partial charge < -0.3 is 19.3 Å². The summed E-state index contributed by atoms with van der Waals surface area (Å²) >= 11 is 0. The van der Waals surface area contributed by atoms with Gasteiger partial charge in [0.05, 0.1) is 43.7 Å². The molecule has 0 aromatic heterocycles. The quantitative estimate of drug-likeness (QED) is 0.467. The molecule has 1 aliphatic heterocycles. The molecule has 0 saturated heterocycles. The van der Waals surface area contributed by atoms with E-state index in [0.717, 1.165) is 0 Å². The number of fused-ring (bicyclic) bond motifs is 1. The SMILES string of the molecule is CCOC(=O)N1c2cc(OC)c(OC)cc2[C@@H]([C@@H](O)c2cc(C(F)(F)F)cc(C(F)(F)F)c2)C[C@H]1C. The van der Waals surface area contributed by atoms with Gasteiger partial charge in [0.1, 0.15) is 0 Å². The molecule has 1 heterocycles. The first-order valence-corrected chi connectivity index (χ1v) is 10.9. The number of methoxy groups -OCH3 is 2. The van der Waals surface area contributed by atoms with Crippen molar-refractivity contribution >= 4 is 11.8 Å². The Kier molecular flexibility index (Phi) is 7.68. The van der Waals surface area contributed by atoms with Gasteiger partial charge in [-0.2, -0.15) is 26.3 Å². The number of hydrogen-bond acceptors (Lipinski definition) is 5. The molecule has 0 saturated carbocycles. The average molecular weight is 521 g/mol. The topological polar surface area (TPSA) is 68.2 Å². The van der Waals surface area contributed by atoms with Crippen LogP contribution in [0.1, 0.15) is 54.5 Å². The fourth-order valence-electron chi connectivity index (χ4n) is 4.38. The molecule has 0 spiro atoms. The molecule has 1 aliphatic rings. The summed E-state index contributed by atoms with van der Waals surface area (Å²) in [5.74, 6) is -0.553. The zero-order chi connectivity index (χ0) is 27.0. The van der Waals surface area contributed by atoms with Gasteiger partial charge in [-0.3, -0.25) is 4.90 Å². The molecule has 1 amide bonds. The third-order valence-corrected chi connectivity index (χ3v) is 6.02. The number of nitrogens with zero attached hydrogens (tertiary/aromatic N) is 1. The number of amides is 1. The summed E-state index contributed by atoms with van der Waals surface area (Å²) in [6, 6.07) is 3.28. The molecule has 0 fully saturated rings. The summed E-state index contributed by atoms with van der Waals surface area (Å²) in [6.45, 7) is 3.31. The van der Waals surface area contributed by atoms with Crippen molar-refractivity contribution in [2.45, 2.75) is 50.7 Å². The van der Waals surface area contributed by atoms with E-state index in [4.69, 9.17) is 14.2 Å². The second-order valence-corrected chi connectivity index (χ2v) is 8.31. The van der Waals surface area contributed by atoms with Crippen molar-refractivity contribution in [3.8, 4) is 11.5 Å². The molecule has 2 aromatic rings. The highest BCUT2D eigenvalue weighted by Crippen LogP contribution is 2.49. The zero-order valence-electron chi connectivity index (χ0n) is 19.8. The second-order valence-electron chi connectivity index (χ2n) is 8.31. The number of halogens is 6. The second kappa shape index (κ2) is 10.1. The lowest BCUT2D eigenvalue weighted by Crippen LogP contribution is -2.44. The standard InChI is InChI=1S/C24H25F6NO5/c1-5-36-22(33)31-12(2)6-17(16-10-19(34-3)20(35-4)11-18(16)31)21(32)13-7-14(23(25,26)27)9-15(8-13)24(28,29)30/h7-12,17,21,32H,5-6H2,1-4H3/t12-,17+,21+/m1/s1. The number of aliphatic hydroxyl groups excluding tert-OH is 1. The van der Waals surface area contributed by atoms with Gasteiger partial charge in [-0.15, -0.1) is 0 Å². The van der Waals surface area contributed by atoms with Crippen LogP contribution < -0.4 is 14.4 Å². The Bertz CT molecular complexity index is 1090. The molecular formula is C24H25F6NO5. The normalized spacial score (nSPS) is 18.9. The lowest BCUT2D eigenvalue weighted by Gasteiger charge is -2.40. The van der Waals surface area contributed by atoms with Crippen LogP contribution in [-0.2, 0) is 17.1 Å². The minimum atomic E-state index is -5.06. The van der Waals surface area contributed by atoms with Crippen molar-refractivity contribution in [2.24, 2.45) is 0 Å². The first-order valence-electron chi connectivity index (χ1n) is 10.9. The van der Waals surface area contributed by atoms with Gasteiger partial charge in [0.15, 0.2) is 11.5 Å². The van der Waals surface area contributed by atoms with Gasteiger partial charge in [-0.05, 0) is 55.7 Å². The molecule has 3 rings (SSSR count). The molecule has 0 radical (unpaired) electrons.